The molecule has 0 N–H and O–H groups in total. The third-order valence-electron chi connectivity index (χ3n) is 4.51. The average molecular weight is 449 g/mol. The van der Waals surface area contributed by atoms with Gasteiger partial charge in [0.2, 0.25) is 5.89 Å². The molecule has 0 radical (unpaired) electrons. The Bertz CT molecular complexity index is 1270. The van der Waals surface area contributed by atoms with Gasteiger partial charge in [0, 0.05) is 17.7 Å². The van der Waals surface area contributed by atoms with Crippen LogP contribution in [0.2, 0.25) is 0 Å². The first-order chi connectivity index (χ1) is 16.0. The van der Waals surface area contributed by atoms with Gasteiger partial charge in [-0.25, -0.2) is 9.18 Å². The minimum absolute atomic E-state index is 0.0590. The monoisotopic (exact) mass is 449 g/mol. The van der Waals surface area contributed by atoms with Gasteiger partial charge in [0.25, 0.3) is 11.6 Å². The molecular weight excluding hydrogens is 433 g/mol. The molecule has 4 rings (SSSR count). The van der Waals surface area contributed by atoms with Crippen LogP contribution in [0.5, 0.6) is 5.75 Å². The van der Waals surface area contributed by atoms with Crippen molar-refractivity contribution in [1.29, 1.82) is 0 Å². The summed E-state index contributed by atoms with van der Waals surface area (Å²) in [5.74, 6) is -0.276. The van der Waals surface area contributed by atoms with E-state index in [0.29, 0.717) is 11.3 Å². The summed E-state index contributed by atoms with van der Waals surface area (Å²) in [7, 11) is 0. The van der Waals surface area contributed by atoms with Gasteiger partial charge in [0.05, 0.1) is 10.5 Å². The summed E-state index contributed by atoms with van der Waals surface area (Å²) in [5.41, 5.74) is 1.49. The van der Waals surface area contributed by atoms with Gasteiger partial charge in [-0.05, 0) is 48.0 Å². The summed E-state index contributed by atoms with van der Waals surface area (Å²) >= 11 is 0. The molecule has 0 spiro atoms. The van der Waals surface area contributed by atoms with Crippen LogP contribution in [0.25, 0.3) is 11.5 Å². The molecule has 0 atom stereocenters. The second-order valence-corrected chi connectivity index (χ2v) is 6.82. The van der Waals surface area contributed by atoms with Crippen molar-refractivity contribution in [2.24, 2.45) is 0 Å². The van der Waals surface area contributed by atoms with Gasteiger partial charge in [0.15, 0.2) is 6.61 Å². The Morgan fingerprint density at radius 1 is 1.00 bits per heavy atom. The predicted octanol–water partition coefficient (Wildman–Crippen LogP) is 4.72. The zero-order valence-corrected chi connectivity index (χ0v) is 17.0. The number of nitro groups is 1. The number of halogens is 1. The average Bonchev–Trinajstić information content (AvgIpc) is 3.31. The molecule has 9 nitrogen and oxygen atoms in total. The quantitative estimate of drug-likeness (QED) is 0.215. The molecular formula is C23H16FN3O6. The number of ether oxygens (including phenoxy) is 2. The van der Waals surface area contributed by atoms with E-state index in [1.54, 1.807) is 30.3 Å². The predicted molar refractivity (Wildman–Crippen MR) is 113 cm³/mol. The van der Waals surface area contributed by atoms with Crippen molar-refractivity contribution < 1.29 is 28.0 Å². The number of hydrogen-bond donors (Lipinski definition) is 0. The van der Waals surface area contributed by atoms with Crippen LogP contribution in [-0.4, -0.2) is 21.1 Å². The van der Waals surface area contributed by atoms with Gasteiger partial charge >= 0.3 is 5.97 Å². The van der Waals surface area contributed by atoms with E-state index in [9.17, 15) is 19.3 Å². The Hall–Kier alpha value is -4.60. The number of nitrogens with zero attached hydrogens (tertiary/aromatic N) is 3. The van der Waals surface area contributed by atoms with E-state index in [2.05, 4.69) is 10.2 Å². The highest BCUT2D eigenvalue weighted by molar-refractivity contribution is 5.89. The normalized spacial score (nSPS) is 10.6. The number of hydrogen-bond acceptors (Lipinski definition) is 8. The van der Waals surface area contributed by atoms with Crippen LogP contribution in [0.4, 0.5) is 10.1 Å². The maximum Gasteiger partial charge on any atom is 0.338 e. The molecule has 10 heteroatoms. The molecule has 0 amide bonds. The number of esters is 1. The van der Waals surface area contributed by atoms with Crippen LogP contribution < -0.4 is 4.74 Å². The number of carbonyl (C=O) groups excluding carboxylic acids is 1. The zero-order valence-electron chi connectivity index (χ0n) is 17.0. The van der Waals surface area contributed by atoms with Crippen molar-refractivity contribution >= 4 is 11.7 Å². The fourth-order valence-corrected chi connectivity index (χ4v) is 2.83. The van der Waals surface area contributed by atoms with Crippen LogP contribution in [0.1, 0.15) is 21.8 Å². The third kappa shape index (κ3) is 5.56. The summed E-state index contributed by atoms with van der Waals surface area (Å²) in [5, 5.41) is 18.4. The Kier molecular flexibility index (Phi) is 6.35. The third-order valence-corrected chi connectivity index (χ3v) is 4.51. The Morgan fingerprint density at radius 2 is 1.76 bits per heavy atom. The van der Waals surface area contributed by atoms with E-state index in [0.717, 1.165) is 5.56 Å². The van der Waals surface area contributed by atoms with E-state index < -0.39 is 10.9 Å². The standard InChI is InChI=1S/C23H16FN3O6/c24-18-8-4-15(5-9-18)13-31-20-3-1-2-17(12-20)23(28)32-14-21-25-26-22(33-21)16-6-10-19(11-7-16)27(29)30/h1-12H,13-14H2. The largest absolute Gasteiger partial charge is 0.489 e. The van der Waals surface area contributed by atoms with Crippen molar-refractivity contribution in [3.8, 4) is 17.2 Å². The highest BCUT2D eigenvalue weighted by Gasteiger charge is 2.14. The highest BCUT2D eigenvalue weighted by atomic mass is 19.1. The summed E-state index contributed by atoms with van der Waals surface area (Å²) in [6.45, 7) is -0.0360. The molecule has 1 aromatic heterocycles. The lowest BCUT2D eigenvalue weighted by Gasteiger charge is -2.08. The van der Waals surface area contributed by atoms with Crippen molar-refractivity contribution in [3.63, 3.8) is 0 Å². The first-order valence-electron chi connectivity index (χ1n) is 9.69. The van der Waals surface area contributed by atoms with E-state index in [-0.39, 0.29) is 42.1 Å². The zero-order chi connectivity index (χ0) is 23.2. The van der Waals surface area contributed by atoms with Crippen molar-refractivity contribution in [2.45, 2.75) is 13.2 Å². The first-order valence-corrected chi connectivity index (χ1v) is 9.69. The number of nitro benzene ring substituents is 1. The number of non-ortho nitro benzene ring substituents is 1. The van der Waals surface area contributed by atoms with Crippen molar-refractivity contribution in [2.75, 3.05) is 0 Å². The Balaban J connectivity index is 1.34. The Labute approximate surface area is 186 Å². The van der Waals surface area contributed by atoms with Gasteiger partial charge in [-0.15, -0.1) is 10.2 Å². The van der Waals surface area contributed by atoms with E-state index in [1.165, 1.54) is 42.5 Å². The van der Waals surface area contributed by atoms with Crippen LogP contribution in [0.3, 0.4) is 0 Å². The minimum Gasteiger partial charge on any atom is -0.489 e. The fraction of sp³-hybridized carbons (Fsp3) is 0.0870. The van der Waals surface area contributed by atoms with Gasteiger partial charge in [-0.1, -0.05) is 18.2 Å². The molecule has 0 fully saturated rings. The van der Waals surface area contributed by atoms with E-state index >= 15 is 0 Å². The van der Waals surface area contributed by atoms with Crippen LogP contribution >= 0.6 is 0 Å². The van der Waals surface area contributed by atoms with Gasteiger partial charge in [-0.2, -0.15) is 0 Å². The second kappa shape index (κ2) is 9.69. The molecule has 0 bridgehead atoms. The summed E-state index contributed by atoms with van der Waals surface area (Å²) in [6.07, 6.45) is 0. The second-order valence-electron chi connectivity index (χ2n) is 6.82. The fourth-order valence-electron chi connectivity index (χ4n) is 2.83. The van der Waals surface area contributed by atoms with E-state index in [1.807, 2.05) is 0 Å². The van der Waals surface area contributed by atoms with Gasteiger partial charge < -0.3 is 13.9 Å². The maximum absolute atomic E-state index is 13.0. The van der Waals surface area contributed by atoms with Gasteiger partial charge in [-0.3, -0.25) is 10.1 Å². The van der Waals surface area contributed by atoms with Crippen molar-refractivity contribution in [3.05, 3.63) is 106 Å². The lowest BCUT2D eigenvalue weighted by molar-refractivity contribution is -0.384. The molecule has 166 valence electrons. The first kappa shape index (κ1) is 21.6. The number of rotatable bonds is 8. The molecule has 0 aliphatic carbocycles. The highest BCUT2D eigenvalue weighted by Crippen LogP contribution is 2.22. The Morgan fingerprint density at radius 3 is 2.48 bits per heavy atom. The van der Waals surface area contributed by atoms with E-state index in [4.69, 9.17) is 13.9 Å². The van der Waals surface area contributed by atoms with Crippen LogP contribution in [0.15, 0.2) is 77.2 Å². The molecule has 1 heterocycles. The number of carbonyl (C=O) groups is 1. The summed E-state index contributed by atoms with van der Waals surface area (Å²) < 4.78 is 29.3. The molecule has 3 aromatic carbocycles. The van der Waals surface area contributed by atoms with Crippen LogP contribution in [-0.2, 0) is 18.0 Å². The van der Waals surface area contributed by atoms with Crippen molar-refractivity contribution in [1.82, 2.24) is 10.2 Å². The molecule has 0 saturated heterocycles. The topological polar surface area (TPSA) is 118 Å². The lowest BCUT2D eigenvalue weighted by Crippen LogP contribution is -2.06. The summed E-state index contributed by atoms with van der Waals surface area (Å²) in [6, 6.07) is 18.0. The van der Waals surface area contributed by atoms with Crippen LogP contribution in [0, 0.1) is 15.9 Å². The lowest BCUT2D eigenvalue weighted by atomic mass is 10.2. The smallest absolute Gasteiger partial charge is 0.338 e. The molecule has 0 unspecified atom stereocenters. The SMILES string of the molecule is O=C(OCc1nnc(-c2ccc([N+](=O)[O-])cc2)o1)c1cccc(OCc2ccc(F)cc2)c1. The van der Waals surface area contributed by atoms with Gasteiger partial charge in [0.1, 0.15) is 18.2 Å². The maximum atomic E-state index is 13.0. The molecule has 4 aromatic rings. The number of benzene rings is 3. The molecule has 0 saturated carbocycles. The molecule has 0 aliphatic rings. The minimum atomic E-state index is -0.614. The molecule has 0 aliphatic heterocycles. The summed E-state index contributed by atoms with van der Waals surface area (Å²) in [4.78, 5) is 22.6. The molecule has 33 heavy (non-hydrogen) atoms. The number of aromatic nitrogens is 2.